The predicted molar refractivity (Wildman–Crippen MR) is 83.0 cm³/mol. The molecule has 2 atom stereocenters. The third-order valence-corrected chi connectivity index (χ3v) is 4.99. The Bertz CT molecular complexity index is 614. The van der Waals surface area contributed by atoms with Gasteiger partial charge in [-0.3, -0.25) is 4.90 Å². The average Bonchev–Trinajstić information content (AvgIpc) is 2.96. The second-order valence-corrected chi connectivity index (χ2v) is 6.25. The van der Waals surface area contributed by atoms with Gasteiger partial charge in [-0.25, -0.2) is 0 Å². The minimum atomic E-state index is 0.543. The van der Waals surface area contributed by atoms with Gasteiger partial charge in [0, 0.05) is 18.5 Å². The lowest BCUT2D eigenvalue weighted by Crippen LogP contribution is -2.34. The summed E-state index contributed by atoms with van der Waals surface area (Å²) in [6, 6.07) is 18.9. The van der Waals surface area contributed by atoms with E-state index in [0.29, 0.717) is 12.0 Å². The van der Waals surface area contributed by atoms with Crippen molar-refractivity contribution in [3.8, 4) is 0 Å². The van der Waals surface area contributed by atoms with E-state index in [2.05, 4.69) is 60.4 Å². The van der Waals surface area contributed by atoms with Gasteiger partial charge in [0.25, 0.3) is 0 Å². The summed E-state index contributed by atoms with van der Waals surface area (Å²) in [6.07, 6.45) is 2.68. The van der Waals surface area contributed by atoms with Gasteiger partial charge in [0.05, 0.1) is 0 Å². The number of benzene rings is 2. The van der Waals surface area contributed by atoms with E-state index < -0.39 is 0 Å². The number of rotatable bonds is 1. The molecule has 2 aliphatic heterocycles. The Hall–Kier alpha value is -1.60. The predicted octanol–water partition coefficient (Wildman–Crippen LogP) is 4.28. The van der Waals surface area contributed by atoms with Crippen molar-refractivity contribution < 1.29 is 0 Å². The van der Waals surface area contributed by atoms with Crippen molar-refractivity contribution in [1.82, 2.24) is 4.90 Å². The minimum Gasteiger partial charge on any atom is -0.295 e. The fourth-order valence-electron chi connectivity index (χ4n) is 3.95. The van der Waals surface area contributed by atoms with E-state index in [-0.39, 0.29) is 0 Å². The molecule has 1 nitrogen and oxygen atoms in total. The Morgan fingerprint density at radius 2 is 1.70 bits per heavy atom. The summed E-state index contributed by atoms with van der Waals surface area (Å²) >= 11 is 0. The molecule has 2 aromatic rings. The molecule has 0 saturated carbocycles. The van der Waals surface area contributed by atoms with E-state index in [4.69, 9.17) is 0 Å². The van der Waals surface area contributed by atoms with Gasteiger partial charge in [0.1, 0.15) is 0 Å². The first-order valence-corrected chi connectivity index (χ1v) is 7.72. The van der Waals surface area contributed by atoms with Gasteiger partial charge in [-0.15, -0.1) is 0 Å². The third-order valence-electron chi connectivity index (χ3n) is 4.99. The van der Waals surface area contributed by atoms with Gasteiger partial charge in [-0.05, 0) is 43.0 Å². The standard InChI is InChI=1S/C19H21N/c1-14-8-10-15(11-9-14)18-13-20-12-4-7-19(20)17-6-3-2-5-16(17)18/h2-3,5-6,8-11,18-19H,4,7,12-13H2,1H3/t18-,19?/m0/s1. The Balaban J connectivity index is 1.80. The Labute approximate surface area is 121 Å². The molecule has 0 spiro atoms. The first kappa shape index (κ1) is 12.2. The van der Waals surface area contributed by atoms with Crippen LogP contribution in [0.15, 0.2) is 48.5 Å². The van der Waals surface area contributed by atoms with Crippen molar-refractivity contribution in [2.24, 2.45) is 0 Å². The van der Waals surface area contributed by atoms with Crippen LogP contribution < -0.4 is 0 Å². The summed E-state index contributed by atoms with van der Waals surface area (Å²) < 4.78 is 0. The van der Waals surface area contributed by atoms with Crippen LogP contribution in [-0.4, -0.2) is 18.0 Å². The van der Waals surface area contributed by atoms with Crippen LogP contribution in [-0.2, 0) is 0 Å². The first-order valence-electron chi connectivity index (χ1n) is 7.72. The fraction of sp³-hybridized carbons (Fsp3) is 0.368. The molecule has 0 bridgehead atoms. The van der Waals surface area contributed by atoms with Crippen molar-refractivity contribution in [2.75, 3.05) is 13.1 Å². The van der Waals surface area contributed by atoms with Crippen LogP contribution in [0.1, 0.15) is 47.1 Å². The highest BCUT2D eigenvalue weighted by Gasteiger charge is 2.35. The third kappa shape index (κ3) is 1.89. The fourth-order valence-corrected chi connectivity index (χ4v) is 3.95. The summed E-state index contributed by atoms with van der Waals surface area (Å²) in [5.41, 5.74) is 5.94. The topological polar surface area (TPSA) is 3.24 Å². The van der Waals surface area contributed by atoms with Crippen LogP contribution in [0.25, 0.3) is 0 Å². The minimum absolute atomic E-state index is 0.543. The number of nitrogens with zero attached hydrogens (tertiary/aromatic N) is 1. The van der Waals surface area contributed by atoms with Crippen molar-refractivity contribution in [3.05, 3.63) is 70.8 Å². The molecule has 0 aromatic heterocycles. The van der Waals surface area contributed by atoms with Crippen molar-refractivity contribution in [1.29, 1.82) is 0 Å². The molecule has 2 aliphatic rings. The SMILES string of the molecule is Cc1ccc([C@@H]2CN3CCCC3c3ccccc32)cc1. The van der Waals surface area contributed by atoms with Gasteiger partial charge in [-0.1, -0.05) is 54.1 Å². The highest BCUT2D eigenvalue weighted by molar-refractivity contribution is 5.43. The Morgan fingerprint density at radius 1 is 0.950 bits per heavy atom. The number of hydrogen-bond donors (Lipinski definition) is 0. The van der Waals surface area contributed by atoms with Gasteiger partial charge in [0.15, 0.2) is 0 Å². The van der Waals surface area contributed by atoms with E-state index in [0.717, 1.165) is 0 Å². The summed E-state index contributed by atoms with van der Waals surface area (Å²) in [5.74, 6) is 0.543. The molecular formula is C19H21N. The molecular weight excluding hydrogens is 242 g/mol. The van der Waals surface area contributed by atoms with Crippen LogP contribution in [0.5, 0.6) is 0 Å². The first-order chi connectivity index (χ1) is 9.83. The van der Waals surface area contributed by atoms with Crippen molar-refractivity contribution >= 4 is 0 Å². The van der Waals surface area contributed by atoms with E-state index in [9.17, 15) is 0 Å². The second kappa shape index (κ2) is 4.75. The molecule has 0 aliphatic carbocycles. The smallest absolute Gasteiger partial charge is 0.0351 e. The quantitative estimate of drug-likeness (QED) is 0.742. The highest BCUT2D eigenvalue weighted by atomic mass is 15.2. The lowest BCUT2D eigenvalue weighted by atomic mass is 9.81. The molecule has 0 radical (unpaired) electrons. The second-order valence-electron chi connectivity index (χ2n) is 6.25. The maximum Gasteiger partial charge on any atom is 0.0351 e. The maximum absolute atomic E-state index is 2.69. The summed E-state index contributed by atoms with van der Waals surface area (Å²) in [4.78, 5) is 2.69. The van der Waals surface area contributed by atoms with Gasteiger partial charge in [-0.2, -0.15) is 0 Å². The maximum atomic E-state index is 2.69. The van der Waals surface area contributed by atoms with Gasteiger partial charge >= 0.3 is 0 Å². The molecule has 1 fully saturated rings. The number of hydrogen-bond acceptors (Lipinski definition) is 1. The summed E-state index contributed by atoms with van der Waals surface area (Å²) in [7, 11) is 0. The molecule has 2 aromatic carbocycles. The Morgan fingerprint density at radius 3 is 2.50 bits per heavy atom. The van der Waals surface area contributed by atoms with E-state index >= 15 is 0 Å². The summed E-state index contributed by atoms with van der Waals surface area (Å²) in [5, 5.41) is 0. The molecule has 0 N–H and O–H groups in total. The largest absolute Gasteiger partial charge is 0.295 e. The zero-order valence-corrected chi connectivity index (χ0v) is 12.0. The Kier molecular flexibility index (Phi) is 2.89. The monoisotopic (exact) mass is 263 g/mol. The van der Waals surface area contributed by atoms with Crippen LogP contribution in [0, 0.1) is 6.92 Å². The van der Waals surface area contributed by atoms with E-state index in [1.165, 1.54) is 37.1 Å². The zero-order valence-electron chi connectivity index (χ0n) is 12.0. The average molecular weight is 263 g/mol. The molecule has 102 valence electrons. The lowest BCUT2D eigenvalue weighted by Gasteiger charge is -2.37. The van der Waals surface area contributed by atoms with Crippen LogP contribution >= 0.6 is 0 Å². The molecule has 1 heteroatoms. The molecule has 20 heavy (non-hydrogen) atoms. The van der Waals surface area contributed by atoms with E-state index in [1.54, 1.807) is 11.1 Å². The number of aryl methyl sites for hydroxylation is 1. The van der Waals surface area contributed by atoms with Gasteiger partial charge < -0.3 is 0 Å². The molecule has 1 saturated heterocycles. The molecule has 0 amide bonds. The van der Waals surface area contributed by atoms with Crippen LogP contribution in [0.2, 0.25) is 0 Å². The van der Waals surface area contributed by atoms with Crippen molar-refractivity contribution in [3.63, 3.8) is 0 Å². The molecule has 4 rings (SSSR count). The zero-order chi connectivity index (χ0) is 13.5. The van der Waals surface area contributed by atoms with E-state index in [1.807, 2.05) is 0 Å². The molecule has 1 unspecified atom stereocenters. The van der Waals surface area contributed by atoms with Crippen LogP contribution in [0.4, 0.5) is 0 Å². The highest BCUT2D eigenvalue weighted by Crippen LogP contribution is 2.43. The van der Waals surface area contributed by atoms with Gasteiger partial charge in [0.2, 0.25) is 0 Å². The molecule has 2 heterocycles. The number of fused-ring (bicyclic) bond motifs is 3. The lowest BCUT2D eigenvalue weighted by molar-refractivity contribution is 0.230. The van der Waals surface area contributed by atoms with Crippen molar-refractivity contribution in [2.45, 2.75) is 31.7 Å². The normalized spacial score (nSPS) is 25.2. The summed E-state index contributed by atoms with van der Waals surface area (Å²) in [6.45, 7) is 4.61. The van der Waals surface area contributed by atoms with Crippen LogP contribution in [0.3, 0.4) is 0 Å².